The highest BCUT2D eigenvalue weighted by molar-refractivity contribution is 5.90. The summed E-state index contributed by atoms with van der Waals surface area (Å²) in [5.41, 5.74) is 10.6. The van der Waals surface area contributed by atoms with E-state index in [1.807, 2.05) is 17.2 Å². The predicted octanol–water partition coefficient (Wildman–Crippen LogP) is 1.41. The van der Waals surface area contributed by atoms with E-state index in [0.717, 1.165) is 66.5 Å². The molecule has 8 heteroatoms. The quantitative estimate of drug-likeness (QED) is 0.337. The molecule has 38 heavy (non-hydrogen) atoms. The number of nitrogens with one attached hydrogen (secondary N) is 1. The maximum absolute atomic E-state index is 11.8. The number of carbonyl (C=O) groups is 1. The molecule has 2 fully saturated rings. The molecule has 0 spiro atoms. The molecule has 3 heterocycles. The third-order valence-corrected chi connectivity index (χ3v) is 7.79. The Morgan fingerprint density at radius 1 is 0.974 bits per heavy atom. The largest absolute Gasteiger partial charge is 1.00 e. The number of halogens is 1. The van der Waals surface area contributed by atoms with Crippen molar-refractivity contribution in [2.45, 2.75) is 44.1 Å². The second-order valence-electron chi connectivity index (χ2n) is 10.3. The monoisotopic (exact) mass is 528 g/mol. The fraction of sp³-hybridized carbons (Fsp3) is 0.333. The van der Waals surface area contributed by atoms with Gasteiger partial charge in [0.15, 0.2) is 5.65 Å². The van der Waals surface area contributed by atoms with Crippen LogP contribution in [0.5, 0.6) is 0 Å². The smallest absolute Gasteiger partial charge is 0.224 e. The molecule has 1 saturated heterocycles. The van der Waals surface area contributed by atoms with E-state index in [-0.39, 0.29) is 23.9 Å². The Hall–Kier alpha value is -3.55. The van der Waals surface area contributed by atoms with Crippen molar-refractivity contribution in [3.05, 3.63) is 72.4 Å². The highest BCUT2D eigenvalue weighted by Crippen LogP contribution is 2.38. The van der Waals surface area contributed by atoms with Crippen molar-refractivity contribution in [3.8, 4) is 22.4 Å². The fourth-order valence-corrected chi connectivity index (χ4v) is 5.39. The zero-order chi connectivity index (χ0) is 25.2. The van der Waals surface area contributed by atoms with Crippen molar-refractivity contribution in [3.63, 3.8) is 0 Å². The molecule has 1 saturated carbocycles. The van der Waals surface area contributed by atoms with Crippen LogP contribution in [0.3, 0.4) is 0 Å². The van der Waals surface area contributed by atoms with E-state index in [1.165, 1.54) is 12.0 Å². The van der Waals surface area contributed by atoms with Crippen LogP contribution in [0.25, 0.3) is 33.4 Å². The molecule has 7 nitrogen and oxygen atoms in total. The molecule has 0 unspecified atom stereocenters. The van der Waals surface area contributed by atoms with Crippen molar-refractivity contribution in [2.24, 2.45) is 0 Å². The molecule has 1 amide bonds. The Kier molecular flexibility index (Phi) is 7.58. The van der Waals surface area contributed by atoms with E-state index < -0.39 is 0 Å². The van der Waals surface area contributed by atoms with Gasteiger partial charge in [0.1, 0.15) is 5.54 Å². The Bertz CT molecular complexity index is 1420. The van der Waals surface area contributed by atoms with Gasteiger partial charge >= 0.3 is 0 Å². The van der Waals surface area contributed by atoms with Crippen LogP contribution >= 0.6 is 0 Å². The van der Waals surface area contributed by atoms with E-state index in [2.05, 4.69) is 70.6 Å². The van der Waals surface area contributed by atoms with Gasteiger partial charge in [0.05, 0.1) is 5.69 Å². The Morgan fingerprint density at radius 3 is 2.45 bits per heavy atom. The summed E-state index contributed by atoms with van der Waals surface area (Å²) in [5, 5.41) is 4.21. The lowest BCUT2D eigenvalue weighted by atomic mass is 9.72. The number of anilines is 1. The first-order valence-corrected chi connectivity index (χ1v) is 13.3. The minimum Gasteiger partial charge on any atom is -1.00 e. The molecule has 0 bridgehead atoms. The number of likely N-dealkylation sites (tertiary alicyclic amines) is 1. The average molecular weight is 529 g/mol. The van der Waals surface area contributed by atoms with Gasteiger partial charge in [-0.1, -0.05) is 54.6 Å². The molecule has 196 valence electrons. The molecule has 2 aliphatic rings. The molecule has 0 atom stereocenters. The average Bonchev–Trinajstić information content (AvgIpc) is 3.34. The molecule has 4 aromatic rings. The lowest BCUT2D eigenvalue weighted by Crippen LogP contribution is -3.00. The number of hydrogen-bond donors (Lipinski definition) is 2. The summed E-state index contributed by atoms with van der Waals surface area (Å²) < 4.78 is 0. The number of rotatable bonds is 8. The second-order valence-corrected chi connectivity index (χ2v) is 10.3. The van der Waals surface area contributed by atoms with Crippen molar-refractivity contribution in [1.29, 1.82) is 0 Å². The summed E-state index contributed by atoms with van der Waals surface area (Å²) >= 11 is 0. The SMILES string of the molecule is [Cl-].[NH3+]C1(c2ccc(-c3nc4nc(NCCCN5CCCC5=O)ncc4cc3-c3ccccc3)cc2)CCC1. The van der Waals surface area contributed by atoms with Crippen LogP contribution in [0.1, 0.15) is 44.1 Å². The van der Waals surface area contributed by atoms with Crippen molar-refractivity contribution in [1.82, 2.24) is 19.9 Å². The van der Waals surface area contributed by atoms with E-state index in [4.69, 9.17) is 9.97 Å². The van der Waals surface area contributed by atoms with Crippen LogP contribution in [0.2, 0.25) is 0 Å². The summed E-state index contributed by atoms with van der Waals surface area (Å²) in [4.78, 5) is 28.1. The molecule has 0 radical (unpaired) electrons. The van der Waals surface area contributed by atoms with Gasteiger partial charge < -0.3 is 28.4 Å². The Labute approximate surface area is 229 Å². The van der Waals surface area contributed by atoms with Gasteiger partial charge in [-0.25, -0.2) is 9.97 Å². The van der Waals surface area contributed by atoms with E-state index in [1.54, 1.807) is 0 Å². The summed E-state index contributed by atoms with van der Waals surface area (Å²) in [6.45, 7) is 2.35. The van der Waals surface area contributed by atoms with Gasteiger partial charge in [0.2, 0.25) is 11.9 Å². The molecule has 6 rings (SSSR count). The van der Waals surface area contributed by atoms with Gasteiger partial charge in [-0.15, -0.1) is 0 Å². The topological polar surface area (TPSA) is 98.6 Å². The van der Waals surface area contributed by atoms with Gasteiger partial charge in [-0.05, 0) is 30.9 Å². The predicted molar refractivity (Wildman–Crippen MR) is 146 cm³/mol. The number of amides is 1. The maximum atomic E-state index is 11.8. The second kappa shape index (κ2) is 11.1. The standard InChI is InChI=1S/C30H32N6O.ClH/c31-30(14-5-15-30)24-12-10-22(11-13-24)27-25(21-7-2-1-3-8-21)19-23-20-33-29(35-28(23)34-27)32-16-6-18-36-17-4-9-26(36)37;/h1-3,7-8,10-13,19-20H,4-6,9,14-18,31H2,(H,32,33,34,35);1H. The maximum Gasteiger partial charge on any atom is 0.224 e. The molecule has 1 aliphatic carbocycles. The summed E-state index contributed by atoms with van der Waals surface area (Å²) in [5.74, 6) is 0.824. The number of fused-ring (bicyclic) bond motifs is 1. The zero-order valence-electron chi connectivity index (χ0n) is 21.5. The minimum atomic E-state index is 0. The van der Waals surface area contributed by atoms with Crippen LogP contribution in [0.15, 0.2) is 66.9 Å². The third kappa shape index (κ3) is 5.22. The molecular formula is C30H33ClN6O. The van der Waals surface area contributed by atoms with E-state index in [0.29, 0.717) is 24.6 Å². The molecule has 2 aromatic heterocycles. The number of quaternary nitrogens is 1. The highest BCUT2D eigenvalue weighted by Gasteiger charge is 2.38. The summed E-state index contributed by atoms with van der Waals surface area (Å²) in [6.07, 6.45) is 7.90. The molecule has 1 aliphatic heterocycles. The molecule has 4 N–H and O–H groups in total. The first kappa shape index (κ1) is 26.1. The van der Waals surface area contributed by atoms with Crippen LogP contribution in [-0.4, -0.2) is 45.4 Å². The highest BCUT2D eigenvalue weighted by atomic mass is 35.5. The molecule has 2 aromatic carbocycles. The number of carbonyl (C=O) groups excluding carboxylic acids is 1. The van der Waals surface area contributed by atoms with Crippen molar-refractivity contribution < 1.29 is 22.9 Å². The lowest BCUT2D eigenvalue weighted by molar-refractivity contribution is -0.509. The number of nitrogens with zero attached hydrogens (tertiary/aromatic N) is 4. The third-order valence-electron chi connectivity index (χ3n) is 7.79. The van der Waals surface area contributed by atoms with Gasteiger partial charge in [-0.2, -0.15) is 4.98 Å². The Morgan fingerprint density at radius 2 is 1.76 bits per heavy atom. The Balaban J connectivity index is 0.00000294. The van der Waals surface area contributed by atoms with Gasteiger partial charge in [0.25, 0.3) is 0 Å². The fourth-order valence-electron chi connectivity index (χ4n) is 5.39. The van der Waals surface area contributed by atoms with Crippen LogP contribution in [-0.2, 0) is 10.3 Å². The first-order chi connectivity index (χ1) is 18.1. The number of benzene rings is 2. The van der Waals surface area contributed by atoms with E-state index >= 15 is 0 Å². The van der Waals surface area contributed by atoms with Crippen LogP contribution < -0.4 is 23.5 Å². The van der Waals surface area contributed by atoms with Gasteiger partial charge in [0, 0.05) is 67.2 Å². The number of hydrogen-bond acceptors (Lipinski definition) is 5. The molecular weight excluding hydrogens is 496 g/mol. The first-order valence-electron chi connectivity index (χ1n) is 13.3. The number of pyridine rings is 1. The van der Waals surface area contributed by atoms with Crippen molar-refractivity contribution in [2.75, 3.05) is 25.0 Å². The van der Waals surface area contributed by atoms with Crippen molar-refractivity contribution >= 4 is 22.9 Å². The van der Waals surface area contributed by atoms with Gasteiger partial charge in [-0.3, -0.25) is 4.79 Å². The zero-order valence-corrected chi connectivity index (χ0v) is 22.3. The van der Waals surface area contributed by atoms with Crippen LogP contribution in [0, 0.1) is 0 Å². The summed E-state index contributed by atoms with van der Waals surface area (Å²) in [7, 11) is 0. The summed E-state index contributed by atoms with van der Waals surface area (Å²) in [6, 6.07) is 21.2. The van der Waals surface area contributed by atoms with E-state index in [9.17, 15) is 4.79 Å². The number of aromatic nitrogens is 3. The lowest BCUT2D eigenvalue weighted by Gasteiger charge is -2.34. The normalized spacial score (nSPS) is 16.2. The van der Waals surface area contributed by atoms with Crippen LogP contribution in [0.4, 0.5) is 5.95 Å². The minimum absolute atomic E-state index is 0.